The molecule has 1 aromatic rings. The molecule has 0 heterocycles. The molecule has 0 aliphatic heterocycles. The van der Waals surface area contributed by atoms with Crippen LogP contribution in [0.5, 0.6) is 0 Å². The summed E-state index contributed by atoms with van der Waals surface area (Å²) in [6, 6.07) is 7.23. The molecule has 0 saturated heterocycles. The van der Waals surface area contributed by atoms with Gasteiger partial charge in [0.15, 0.2) is 0 Å². The van der Waals surface area contributed by atoms with Crippen LogP contribution in [0.2, 0.25) is 0 Å². The number of benzene rings is 1. The standard InChI is InChI=1S/C21H28O/c1-13(2)14-4-6-16-15(12-14)5-7-18-17(16)10-11-21(3)19(18)8-9-20(21)22/h4,6,12-13,17-19H,5,7-11H2,1-3H3/t17-,18-,19+,21+/m1/s1. The molecule has 3 aliphatic rings. The lowest BCUT2D eigenvalue weighted by molar-refractivity contribution is -0.129. The first-order chi connectivity index (χ1) is 10.5. The Labute approximate surface area is 134 Å². The number of hydrogen-bond donors (Lipinski definition) is 0. The third kappa shape index (κ3) is 1.94. The molecule has 0 radical (unpaired) electrons. The van der Waals surface area contributed by atoms with Crippen molar-refractivity contribution in [3.05, 3.63) is 34.9 Å². The van der Waals surface area contributed by atoms with Crippen molar-refractivity contribution in [2.24, 2.45) is 17.3 Å². The van der Waals surface area contributed by atoms with Gasteiger partial charge in [-0.2, -0.15) is 0 Å². The summed E-state index contributed by atoms with van der Waals surface area (Å²) in [5, 5.41) is 0. The average Bonchev–Trinajstić information content (AvgIpc) is 2.82. The third-order valence-electron chi connectivity index (χ3n) is 7.13. The fourth-order valence-corrected chi connectivity index (χ4v) is 5.73. The van der Waals surface area contributed by atoms with Gasteiger partial charge in [0.25, 0.3) is 0 Å². The molecule has 118 valence electrons. The van der Waals surface area contributed by atoms with Gasteiger partial charge in [-0.1, -0.05) is 39.0 Å². The third-order valence-corrected chi connectivity index (χ3v) is 7.13. The molecule has 2 saturated carbocycles. The molecule has 0 N–H and O–H groups in total. The maximum atomic E-state index is 12.4. The number of aryl methyl sites for hydroxylation is 1. The number of rotatable bonds is 1. The molecular formula is C21H28O. The van der Waals surface area contributed by atoms with Gasteiger partial charge in [0.05, 0.1) is 0 Å². The molecule has 22 heavy (non-hydrogen) atoms. The molecule has 1 nitrogen and oxygen atoms in total. The highest BCUT2D eigenvalue weighted by molar-refractivity contribution is 5.87. The summed E-state index contributed by atoms with van der Waals surface area (Å²) < 4.78 is 0. The minimum Gasteiger partial charge on any atom is -0.299 e. The zero-order chi connectivity index (χ0) is 15.5. The number of Topliss-reactive ketones (excluding diaryl/α,β-unsaturated/α-hetero) is 1. The summed E-state index contributed by atoms with van der Waals surface area (Å²) in [5.41, 5.74) is 4.70. The SMILES string of the molecule is CC(C)c1ccc2c(c1)CC[C@@H]1[C@@H]2CC[C@]2(C)C(=O)CC[C@@H]12. The van der Waals surface area contributed by atoms with Crippen LogP contribution in [0.15, 0.2) is 18.2 Å². The topological polar surface area (TPSA) is 17.1 Å². The van der Waals surface area contributed by atoms with Gasteiger partial charge in [0.1, 0.15) is 5.78 Å². The van der Waals surface area contributed by atoms with Gasteiger partial charge in [-0.25, -0.2) is 0 Å². The van der Waals surface area contributed by atoms with E-state index < -0.39 is 0 Å². The lowest BCUT2D eigenvalue weighted by Gasteiger charge is -2.48. The smallest absolute Gasteiger partial charge is 0.139 e. The van der Waals surface area contributed by atoms with E-state index in [9.17, 15) is 4.79 Å². The van der Waals surface area contributed by atoms with Crippen LogP contribution in [-0.4, -0.2) is 5.78 Å². The van der Waals surface area contributed by atoms with Crippen molar-refractivity contribution in [3.8, 4) is 0 Å². The Kier molecular flexibility index (Phi) is 3.25. The van der Waals surface area contributed by atoms with E-state index in [1.54, 1.807) is 11.1 Å². The highest BCUT2D eigenvalue weighted by Crippen LogP contribution is 2.59. The van der Waals surface area contributed by atoms with Gasteiger partial charge in [-0.3, -0.25) is 4.79 Å². The van der Waals surface area contributed by atoms with Crippen LogP contribution in [0.3, 0.4) is 0 Å². The van der Waals surface area contributed by atoms with Gasteiger partial charge in [0, 0.05) is 11.8 Å². The zero-order valence-corrected chi connectivity index (χ0v) is 14.2. The maximum absolute atomic E-state index is 12.4. The molecule has 0 spiro atoms. The monoisotopic (exact) mass is 296 g/mol. The highest BCUT2D eigenvalue weighted by Gasteiger charge is 2.54. The van der Waals surface area contributed by atoms with E-state index in [1.165, 1.54) is 24.8 Å². The fourth-order valence-electron chi connectivity index (χ4n) is 5.73. The predicted molar refractivity (Wildman–Crippen MR) is 90.2 cm³/mol. The van der Waals surface area contributed by atoms with Gasteiger partial charge in [-0.15, -0.1) is 0 Å². The Bertz CT molecular complexity index is 614. The lowest BCUT2D eigenvalue weighted by atomic mass is 9.55. The largest absolute Gasteiger partial charge is 0.299 e. The van der Waals surface area contributed by atoms with Gasteiger partial charge in [-0.05, 0) is 72.5 Å². The van der Waals surface area contributed by atoms with Crippen molar-refractivity contribution in [1.29, 1.82) is 0 Å². The summed E-state index contributed by atoms with van der Waals surface area (Å²) in [5.74, 6) is 3.29. The van der Waals surface area contributed by atoms with Crippen molar-refractivity contribution in [3.63, 3.8) is 0 Å². The summed E-state index contributed by atoms with van der Waals surface area (Å²) in [6.07, 6.45) is 6.84. The molecule has 2 fully saturated rings. The molecule has 1 heteroatoms. The summed E-state index contributed by atoms with van der Waals surface area (Å²) >= 11 is 0. The number of ketones is 1. The van der Waals surface area contributed by atoms with Crippen LogP contribution in [-0.2, 0) is 11.2 Å². The van der Waals surface area contributed by atoms with Crippen LogP contribution in [0.1, 0.15) is 81.4 Å². The quantitative estimate of drug-likeness (QED) is 0.693. The molecule has 0 bridgehead atoms. The Morgan fingerprint density at radius 2 is 1.95 bits per heavy atom. The first kappa shape index (κ1) is 14.5. The Morgan fingerprint density at radius 1 is 1.14 bits per heavy atom. The number of carbonyl (C=O) groups excluding carboxylic acids is 1. The van der Waals surface area contributed by atoms with Crippen LogP contribution in [0.4, 0.5) is 0 Å². The first-order valence-electron chi connectivity index (χ1n) is 9.16. The van der Waals surface area contributed by atoms with Crippen LogP contribution in [0, 0.1) is 17.3 Å². The first-order valence-corrected chi connectivity index (χ1v) is 9.16. The second-order valence-electron chi connectivity index (χ2n) is 8.45. The van der Waals surface area contributed by atoms with E-state index in [2.05, 4.69) is 39.0 Å². The van der Waals surface area contributed by atoms with Crippen molar-refractivity contribution in [1.82, 2.24) is 0 Å². The highest BCUT2D eigenvalue weighted by atomic mass is 16.1. The van der Waals surface area contributed by atoms with Crippen LogP contribution < -0.4 is 0 Å². The van der Waals surface area contributed by atoms with Gasteiger partial charge >= 0.3 is 0 Å². The van der Waals surface area contributed by atoms with Crippen LogP contribution >= 0.6 is 0 Å². The second-order valence-corrected chi connectivity index (χ2v) is 8.45. The molecule has 4 atom stereocenters. The zero-order valence-electron chi connectivity index (χ0n) is 14.2. The van der Waals surface area contributed by atoms with Crippen molar-refractivity contribution in [2.75, 3.05) is 0 Å². The van der Waals surface area contributed by atoms with Crippen molar-refractivity contribution < 1.29 is 4.79 Å². The normalized spacial score (nSPS) is 36.9. The average molecular weight is 296 g/mol. The van der Waals surface area contributed by atoms with Crippen molar-refractivity contribution >= 4 is 5.78 Å². The van der Waals surface area contributed by atoms with E-state index >= 15 is 0 Å². The van der Waals surface area contributed by atoms with E-state index in [4.69, 9.17) is 0 Å². The van der Waals surface area contributed by atoms with Gasteiger partial charge < -0.3 is 0 Å². The molecular weight excluding hydrogens is 268 g/mol. The minimum atomic E-state index is 0.0105. The second kappa shape index (κ2) is 4.94. The molecule has 0 unspecified atom stereocenters. The van der Waals surface area contributed by atoms with E-state index in [0.717, 1.165) is 25.2 Å². The van der Waals surface area contributed by atoms with E-state index in [-0.39, 0.29) is 5.41 Å². The summed E-state index contributed by atoms with van der Waals surface area (Å²) in [6.45, 7) is 6.83. The number of carbonyl (C=O) groups is 1. The Hall–Kier alpha value is -1.11. The number of hydrogen-bond acceptors (Lipinski definition) is 1. The Balaban J connectivity index is 1.69. The molecule has 0 amide bonds. The van der Waals surface area contributed by atoms with E-state index in [0.29, 0.717) is 23.5 Å². The Morgan fingerprint density at radius 3 is 2.73 bits per heavy atom. The fraction of sp³-hybridized carbons (Fsp3) is 0.667. The van der Waals surface area contributed by atoms with E-state index in [1.807, 2.05) is 0 Å². The molecule has 3 aliphatic carbocycles. The van der Waals surface area contributed by atoms with Gasteiger partial charge in [0.2, 0.25) is 0 Å². The van der Waals surface area contributed by atoms with Crippen LogP contribution in [0.25, 0.3) is 0 Å². The predicted octanol–water partition coefficient (Wildman–Crippen LogP) is 5.24. The number of fused-ring (bicyclic) bond motifs is 5. The lowest BCUT2D eigenvalue weighted by Crippen LogP contribution is -2.42. The summed E-state index contributed by atoms with van der Waals surface area (Å²) in [7, 11) is 0. The molecule has 0 aromatic heterocycles. The summed E-state index contributed by atoms with van der Waals surface area (Å²) in [4.78, 5) is 12.4. The van der Waals surface area contributed by atoms with Crippen molar-refractivity contribution in [2.45, 2.75) is 71.1 Å². The molecule has 4 rings (SSSR count). The maximum Gasteiger partial charge on any atom is 0.139 e. The molecule has 1 aromatic carbocycles. The minimum absolute atomic E-state index is 0.0105.